The van der Waals surface area contributed by atoms with Crippen molar-refractivity contribution in [2.24, 2.45) is 0 Å². The van der Waals surface area contributed by atoms with E-state index in [9.17, 15) is 23.3 Å². The molecule has 1 N–H and O–H groups in total. The second-order valence-corrected chi connectivity index (χ2v) is 7.65. The van der Waals surface area contributed by atoms with Crippen molar-refractivity contribution in [1.29, 1.82) is 0 Å². The predicted octanol–water partition coefficient (Wildman–Crippen LogP) is 0.499. The smallest absolute Gasteiger partial charge is 0.271 e. The van der Waals surface area contributed by atoms with Gasteiger partial charge in [-0.1, -0.05) is 6.07 Å². The first-order valence-electron chi connectivity index (χ1n) is 7.43. The van der Waals surface area contributed by atoms with Gasteiger partial charge in [0.15, 0.2) is 0 Å². The highest BCUT2D eigenvalue weighted by Gasteiger charge is 2.28. The van der Waals surface area contributed by atoms with Gasteiger partial charge in [-0.05, 0) is 13.0 Å². The van der Waals surface area contributed by atoms with Crippen molar-refractivity contribution in [3.63, 3.8) is 0 Å². The SMILES string of the molecule is C[C@@H](C(=O)Nc1cccc([N+](=O)[O-])c1)N1CCN(S(C)(=O)=O)CC1. The van der Waals surface area contributed by atoms with E-state index in [0.29, 0.717) is 31.9 Å². The van der Waals surface area contributed by atoms with Crippen LogP contribution in [0, 0.1) is 10.1 Å². The minimum absolute atomic E-state index is 0.0952. The predicted molar refractivity (Wildman–Crippen MR) is 89.2 cm³/mol. The van der Waals surface area contributed by atoms with Crippen LogP contribution in [0.15, 0.2) is 24.3 Å². The van der Waals surface area contributed by atoms with Gasteiger partial charge in [0.05, 0.1) is 17.2 Å². The lowest BCUT2D eigenvalue weighted by molar-refractivity contribution is -0.384. The van der Waals surface area contributed by atoms with Crippen molar-refractivity contribution in [2.45, 2.75) is 13.0 Å². The summed E-state index contributed by atoms with van der Waals surface area (Å²) in [5.41, 5.74) is 0.262. The number of nitrogens with zero attached hydrogens (tertiary/aromatic N) is 3. The molecule has 1 saturated heterocycles. The quantitative estimate of drug-likeness (QED) is 0.607. The molecule has 1 aromatic rings. The average molecular weight is 356 g/mol. The molecular weight excluding hydrogens is 336 g/mol. The summed E-state index contributed by atoms with van der Waals surface area (Å²) in [5.74, 6) is -0.289. The van der Waals surface area contributed by atoms with Gasteiger partial charge in [-0.25, -0.2) is 8.42 Å². The molecule has 0 radical (unpaired) electrons. The molecule has 0 aliphatic carbocycles. The molecule has 0 unspecified atom stereocenters. The second kappa shape index (κ2) is 7.24. The van der Waals surface area contributed by atoms with Crippen molar-refractivity contribution in [3.8, 4) is 0 Å². The number of nitrogens with one attached hydrogen (secondary N) is 1. The molecule has 0 bridgehead atoms. The van der Waals surface area contributed by atoms with Gasteiger partial charge >= 0.3 is 0 Å². The van der Waals surface area contributed by atoms with E-state index in [0.717, 1.165) is 0 Å². The Labute approximate surface area is 140 Å². The average Bonchev–Trinajstić information content (AvgIpc) is 2.53. The Morgan fingerprint density at radius 3 is 2.46 bits per heavy atom. The highest BCUT2D eigenvalue weighted by molar-refractivity contribution is 7.88. The maximum Gasteiger partial charge on any atom is 0.271 e. The van der Waals surface area contributed by atoms with E-state index < -0.39 is 21.0 Å². The summed E-state index contributed by atoms with van der Waals surface area (Å²) in [6, 6.07) is 5.27. The normalized spacial score (nSPS) is 18.1. The molecule has 9 nitrogen and oxygen atoms in total. The van der Waals surface area contributed by atoms with Crippen LogP contribution in [0.3, 0.4) is 0 Å². The maximum absolute atomic E-state index is 12.3. The minimum Gasteiger partial charge on any atom is -0.324 e. The van der Waals surface area contributed by atoms with E-state index in [1.807, 2.05) is 4.90 Å². The number of nitro benzene ring substituents is 1. The van der Waals surface area contributed by atoms with Crippen LogP contribution in [0.2, 0.25) is 0 Å². The number of hydrogen-bond donors (Lipinski definition) is 1. The molecule has 1 atom stereocenters. The number of carbonyl (C=O) groups excluding carboxylic acids is 1. The zero-order chi connectivity index (χ0) is 17.9. The van der Waals surface area contributed by atoms with Gasteiger partial charge in [0.25, 0.3) is 5.69 Å². The Kier molecular flexibility index (Phi) is 5.52. The summed E-state index contributed by atoms with van der Waals surface area (Å²) in [7, 11) is -3.21. The Bertz CT molecular complexity index is 728. The molecule has 132 valence electrons. The van der Waals surface area contributed by atoms with Gasteiger partial charge in [-0.15, -0.1) is 0 Å². The summed E-state index contributed by atoms with van der Waals surface area (Å²) in [5, 5.41) is 13.4. The molecule has 0 saturated carbocycles. The third kappa shape index (κ3) is 4.49. The van der Waals surface area contributed by atoms with Gasteiger partial charge in [0.2, 0.25) is 15.9 Å². The van der Waals surface area contributed by atoms with Crippen LogP contribution in [0.25, 0.3) is 0 Å². The summed E-state index contributed by atoms with van der Waals surface area (Å²) in [6.07, 6.45) is 1.17. The number of rotatable bonds is 5. The number of carbonyl (C=O) groups is 1. The number of sulfonamides is 1. The maximum atomic E-state index is 12.3. The topological polar surface area (TPSA) is 113 Å². The van der Waals surface area contributed by atoms with Crippen molar-refractivity contribution < 1.29 is 18.1 Å². The largest absolute Gasteiger partial charge is 0.324 e. The standard InChI is InChI=1S/C14H20N4O5S/c1-11(16-6-8-17(9-7-16)24(2,22)23)14(19)15-12-4-3-5-13(10-12)18(20)21/h3-5,10-11H,6-9H2,1-2H3,(H,15,19)/t11-/m0/s1. The third-order valence-corrected chi connectivity index (χ3v) is 5.30. The first kappa shape index (κ1) is 18.3. The van der Waals surface area contributed by atoms with Gasteiger partial charge < -0.3 is 5.32 Å². The zero-order valence-corrected chi connectivity index (χ0v) is 14.3. The molecular formula is C14H20N4O5S. The lowest BCUT2D eigenvalue weighted by Crippen LogP contribution is -2.53. The van der Waals surface area contributed by atoms with Crippen LogP contribution in [0.4, 0.5) is 11.4 Å². The monoisotopic (exact) mass is 356 g/mol. The van der Waals surface area contributed by atoms with Crippen LogP contribution in [0.1, 0.15) is 6.92 Å². The molecule has 10 heteroatoms. The lowest BCUT2D eigenvalue weighted by atomic mass is 10.2. The number of nitro groups is 1. The molecule has 1 heterocycles. The fraction of sp³-hybridized carbons (Fsp3) is 0.500. The van der Waals surface area contributed by atoms with Gasteiger partial charge in [0, 0.05) is 44.0 Å². The fourth-order valence-electron chi connectivity index (χ4n) is 2.53. The Balaban J connectivity index is 1.96. The summed E-state index contributed by atoms with van der Waals surface area (Å²) >= 11 is 0. The molecule has 0 spiro atoms. The van der Waals surface area contributed by atoms with E-state index >= 15 is 0 Å². The van der Waals surface area contributed by atoms with Crippen LogP contribution < -0.4 is 5.32 Å². The Hall–Kier alpha value is -2.04. The van der Waals surface area contributed by atoms with Crippen molar-refractivity contribution in [2.75, 3.05) is 37.8 Å². The number of anilines is 1. The molecule has 1 aliphatic rings. The number of non-ortho nitro benzene ring substituents is 1. The van der Waals surface area contributed by atoms with Gasteiger partial charge in [0.1, 0.15) is 0 Å². The van der Waals surface area contributed by atoms with Crippen LogP contribution in [-0.4, -0.2) is 66.9 Å². The van der Waals surface area contributed by atoms with Crippen LogP contribution in [0.5, 0.6) is 0 Å². The van der Waals surface area contributed by atoms with Crippen LogP contribution in [-0.2, 0) is 14.8 Å². The molecule has 1 fully saturated rings. The zero-order valence-electron chi connectivity index (χ0n) is 13.5. The van der Waals surface area contributed by atoms with Gasteiger partial charge in [-0.2, -0.15) is 4.31 Å². The van der Waals surface area contributed by atoms with E-state index in [2.05, 4.69) is 5.32 Å². The third-order valence-electron chi connectivity index (χ3n) is 3.99. The minimum atomic E-state index is -3.21. The lowest BCUT2D eigenvalue weighted by Gasteiger charge is -2.36. The molecule has 1 aliphatic heterocycles. The Morgan fingerprint density at radius 2 is 1.92 bits per heavy atom. The van der Waals surface area contributed by atoms with E-state index in [1.54, 1.807) is 13.0 Å². The number of benzene rings is 1. The highest BCUT2D eigenvalue weighted by atomic mass is 32.2. The van der Waals surface area contributed by atoms with E-state index in [-0.39, 0.29) is 11.6 Å². The molecule has 1 amide bonds. The van der Waals surface area contributed by atoms with Crippen molar-refractivity contribution in [3.05, 3.63) is 34.4 Å². The molecule has 2 rings (SSSR count). The van der Waals surface area contributed by atoms with E-state index in [4.69, 9.17) is 0 Å². The summed E-state index contributed by atoms with van der Waals surface area (Å²) in [6.45, 7) is 3.32. The van der Waals surface area contributed by atoms with Crippen LogP contribution >= 0.6 is 0 Å². The second-order valence-electron chi connectivity index (χ2n) is 5.67. The fourth-order valence-corrected chi connectivity index (χ4v) is 3.36. The van der Waals surface area contributed by atoms with Gasteiger partial charge in [-0.3, -0.25) is 19.8 Å². The van der Waals surface area contributed by atoms with Crippen molar-refractivity contribution >= 4 is 27.3 Å². The highest BCUT2D eigenvalue weighted by Crippen LogP contribution is 2.18. The summed E-state index contributed by atoms with van der Waals surface area (Å²) in [4.78, 5) is 24.4. The first-order valence-corrected chi connectivity index (χ1v) is 9.28. The van der Waals surface area contributed by atoms with Crippen molar-refractivity contribution in [1.82, 2.24) is 9.21 Å². The number of amides is 1. The number of hydrogen-bond acceptors (Lipinski definition) is 6. The summed E-state index contributed by atoms with van der Waals surface area (Å²) < 4.78 is 24.4. The molecule has 24 heavy (non-hydrogen) atoms. The molecule has 1 aromatic carbocycles. The first-order chi connectivity index (χ1) is 11.2. The van der Waals surface area contributed by atoms with E-state index in [1.165, 1.54) is 28.8 Å². The number of piperazine rings is 1. The molecule has 0 aromatic heterocycles. The Morgan fingerprint density at radius 1 is 1.29 bits per heavy atom.